The van der Waals surface area contributed by atoms with Crippen LogP contribution in [0.3, 0.4) is 0 Å². The number of nitrogens with one attached hydrogen (secondary N) is 1. The van der Waals surface area contributed by atoms with E-state index in [2.05, 4.69) is 16.4 Å². The zero-order valence-corrected chi connectivity index (χ0v) is 15.0. The molecule has 0 unspecified atom stereocenters. The molecule has 0 aliphatic carbocycles. The van der Waals surface area contributed by atoms with Gasteiger partial charge in [-0.1, -0.05) is 54.6 Å². The van der Waals surface area contributed by atoms with E-state index in [0.29, 0.717) is 19.8 Å². The van der Waals surface area contributed by atoms with Gasteiger partial charge < -0.3 is 10.1 Å². The summed E-state index contributed by atoms with van der Waals surface area (Å²) in [5.74, 6) is -0.127. The second-order valence-corrected chi connectivity index (χ2v) is 6.13. The molecular formula is C23H22N2O2. The van der Waals surface area contributed by atoms with Crippen LogP contribution in [0.4, 0.5) is 0 Å². The first-order valence-corrected chi connectivity index (χ1v) is 8.85. The number of aromatic nitrogens is 1. The highest BCUT2D eigenvalue weighted by atomic mass is 16.5. The van der Waals surface area contributed by atoms with Crippen molar-refractivity contribution in [3.63, 3.8) is 0 Å². The summed E-state index contributed by atoms with van der Waals surface area (Å²) in [6.07, 6.45) is 6.69. The molecule has 0 bridgehead atoms. The van der Waals surface area contributed by atoms with Gasteiger partial charge in [-0.25, -0.2) is 0 Å². The maximum atomic E-state index is 12.0. The highest BCUT2D eigenvalue weighted by Crippen LogP contribution is 2.09. The standard InChI is InChI=1S/C23H22N2O2/c26-23(10-9-19-11-13-24-14-12-19)25-16-21-7-4-8-22(15-21)18-27-17-20-5-2-1-3-6-20/h1-15H,16-18H2,(H,25,26)/b10-9+. The summed E-state index contributed by atoms with van der Waals surface area (Å²) in [6.45, 7) is 1.60. The Kier molecular flexibility index (Phi) is 6.90. The lowest BCUT2D eigenvalue weighted by atomic mass is 10.1. The van der Waals surface area contributed by atoms with Crippen molar-refractivity contribution in [1.29, 1.82) is 0 Å². The van der Waals surface area contributed by atoms with Gasteiger partial charge in [0.1, 0.15) is 0 Å². The molecule has 0 aliphatic heterocycles. The summed E-state index contributed by atoms with van der Waals surface area (Å²) in [5.41, 5.74) is 4.23. The van der Waals surface area contributed by atoms with Crippen LogP contribution in [0.2, 0.25) is 0 Å². The molecule has 1 N–H and O–H groups in total. The molecule has 0 saturated carbocycles. The van der Waals surface area contributed by atoms with Crippen molar-refractivity contribution < 1.29 is 9.53 Å². The third kappa shape index (κ3) is 6.53. The third-order valence-electron chi connectivity index (χ3n) is 3.97. The SMILES string of the molecule is O=C(/C=C/c1ccncc1)NCc1cccc(COCc2ccccc2)c1. The van der Waals surface area contributed by atoms with Crippen molar-refractivity contribution in [2.75, 3.05) is 0 Å². The smallest absolute Gasteiger partial charge is 0.244 e. The quantitative estimate of drug-likeness (QED) is 0.616. The van der Waals surface area contributed by atoms with Crippen molar-refractivity contribution in [2.45, 2.75) is 19.8 Å². The maximum Gasteiger partial charge on any atom is 0.244 e. The first-order chi connectivity index (χ1) is 13.3. The largest absolute Gasteiger partial charge is 0.372 e. The maximum absolute atomic E-state index is 12.0. The van der Waals surface area contributed by atoms with Gasteiger partial charge in [0.05, 0.1) is 13.2 Å². The lowest BCUT2D eigenvalue weighted by Crippen LogP contribution is -2.20. The number of pyridine rings is 1. The molecule has 1 amide bonds. The monoisotopic (exact) mass is 358 g/mol. The Morgan fingerprint density at radius 1 is 0.889 bits per heavy atom. The van der Waals surface area contributed by atoms with E-state index in [0.717, 1.165) is 22.3 Å². The fraction of sp³-hybridized carbons (Fsp3) is 0.130. The highest BCUT2D eigenvalue weighted by molar-refractivity contribution is 5.91. The molecular weight excluding hydrogens is 336 g/mol. The molecule has 27 heavy (non-hydrogen) atoms. The van der Waals surface area contributed by atoms with Gasteiger partial charge in [0, 0.05) is 25.0 Å². The van der Waals surface area contributed by atoms with Gasteiger partial charge in [0.25, 0.3) is 0 Å². The van der Waals surface area contributed by atoms with Crippen LogP contribution < -0.4 is 5.32 Å². The van der Waals surface area contributed by atoms with E-state index in [9.17, 15) is 4.79 Å². The molecule has 4 heteroatoms. The summed E-state index contributed by atoms with van der Waals surface area (Å²) in [7, 11) is 0. The normalized spacial score (nSPS) is 10.8. The molecule has 0 saturated heterocycles. The Bertz CT molecular complexity index is 877. The van der Waals surface area contributed by atoms with E-state index in [-0.39, 0.29) is 5.91 Å². The van der Waals surface area contributed by atoms with Crippen molar-refractivity contribution in [3.05, 3.63) is 107 Å². The molecule has 0 radical (unpaired) electrons. The van der Waals surface area contributed by atoms with Gasteiger partial charge in [0.2, 0.25) is 5.91 Å². The number of benzene rings is 2. The molecule has 0 spiro atoms. The predicted molar refractivity (Wildman–Crippen MR) is 106 cm³/mol. The van der Waals surface area contributed by atoms with Crippen molar-refractivity contribution in [2.24, 2.45) is 0 Å². The van der Waals surface area contributed by atoms with Crippen LogP contribution in [-0.4, -0.2) is 10.9 Å². The van der Waals surface area contributed by atoms with Gasteiger partial charge in [-0.2, -0.15) is 0 Å². The Morgan fingerprint density at radius 2 is 1.59 bits per heavy atom. The summed E-state index contributed by atoms with van der Waals surface area (Å²) in [5, 5.41) is 2.90. The highest BCUT2D eigenvalue weighted by Gasteiger charge is 2.00. The van der Waals surface area contributed by atoms with Gasteiger partial charge in [-0.05, 0) is 40.5 Å². The minimum atomic E-state index is -0.127. The fourth-order valence-electron chi connectivity index (χ4n) is 2.58. The topological polar surface area (TPSA) is 51.2 Å². The first kappa shape index (κ1) is 18.5. The molecule has 3 aromatic rings. The third-order valence-corrected chi connectivity index (χ3v) is 3.97. The van der Waals surface area contributed by atoms with Gasteiger partial charge >= 0.3 is 0 Å². The molecule has 3 rings (SSSR count). The lowest BCUT2D eigenvalue weighted by molar-refractivity contribution is -0.116. The number of nitrogens with zero attached hydrogens (tertiary/aromatic N) is 1. The van der Waals surface area contributed by atoms with Crippen LogP contribution in [-0.2, 0) is 29.3 Å². The molecule has 136 valence electrons. The van der Waals surface area contributed by atoms with Crippen LogP contribution in [0.15, 0.2) is 85.2 Å². The van der Waals surface area contributed by atoms with Crippen molar-refractivity contribution in [1.82, 2.24) is 10.3 Å². The van der Waals surface area contributed by atoms with E-state index in [4.69, 9.17) is 4.74 Å². The second-order valence-electron chi connectivity index (χ2n) is 6.13. The average molecular weight is 358 g/mol. The number of carbonyl (C=O) groups excluding carboxylic acids is 1. The molecule has 0 atom stereocenters. The van der Waals surface area contributed by atoms with Crippen LogP contribution in [0.1, 0.15) is 22.3 Å². The first-order valence-electron chi connectivity index (χ1n) is 8.85. The zero-order chi connectivity index (χ0) is 18.7. The summed E-state index contributed by atoms with van der Waals surface area (Å²) >= 11 is 0. The minimum Gasteiger partial charge on any atom is -0.372 e. The number of ether oxygens (including phenoxy) is 1. The van der Waals surface area contributed by atoms with Crippen LogP contribution in [0.25, 0.3) is 6.08 Å². The molecule has 1 heterocycles. The molecule has 0 aliphatic rings. The predicted octanol–water partition coefficient (Wildman–Crippen LogP) is 4.13. The lowest BCUT2D eigenvalue weighted by Gasteiger charge is -2.07. The van der Waals surface area contributed by atoms with Crippen LogP contribution in [0, 0.1) is 0 Å². The Balaban J connectivity index is 1.46. The molecule has 0 fully saturated rings. The van der Waals surface area contributed by atoms with E-state index >= 15 is 0 Å². The van der Waals surface area contributed by atoms with Gasteiger partial charge in [0.15, 0.2) is 0 Å². The average Bonchev–Trinajstić information content (AvgIpc) is 2.73. The zero-order valence-electron chi connectivity index (χ0n) is 15.0. The summed E-state index contributed by atoms with van der Waals surface area (Å²) in [6, 6.07) is 21.9. The van der Waals surface area contributed by atoms with Crippen molar-refractivity contribution >= 4 is 12.0 Å². The van der Waals surface area contributed by atoms with E-state index < -0.39 is 0 Å². The number of rotatable bonds is 8. The number of hydrogen-bond donors (Lipinski definition) is 1. The van der Waals surface area contributed by atoms with E-state index in [1.165, 1.54) is 6.08 Å². The van der Waals surface area contributed by atoms with Crippen LogP contribution >= 0.6 is 0 Å². The van der Waals surface area contributed by atoms with Crippen molar-refractivity contribution in [3.8, 4) is 0 Å². The Labute approximate surface area is 159 Å². The second kappa shape index (κ2) is 10.0. The number of hydrogen-bond acceptors (Lipinski definition) is 3. The molecule has 1 aromatic heterocycles. The minimum absolute atomic E-state index is 0.127. The van der Waals surface area contributed by atoms with E-state index in [1.807, 2.05) is 60.7 Å². The van der Waals surface area contributed by atoms with Gasteiger partial charge in [-0.3, -0.25) is 9.78 Å². The number of carbonyl (C=O) groups is 1. The number of amides is 1. The summed E-state index contributed by atoms with van der Waals surface area (Å²) in [4.78, 5) is 15.9. The summed E-state index contributed by atoms with van der Waals surface area (Å²) < 4.78 is 5.77. The Morgan fingerprint density at radius 3 is 2.41 bits per heavy atom. The molecule has 4 nitrogen and oxygen atoms in total. The van der Waals surface area contributed by atoms with E-state index in [1.54, 1.807) is 18.5 Å². The van der Waals surface area contributed by atoms with Gasteiger partial charge in [-0.15, -0.1) is 0 Å². The van der Waals surface area contributed by atoms with Crippen LogP contribution in [0.5, 0.6) is 0 Å². The fourth-order valence-corrected chi connectivity index (χ4v) is 2.58. The Hall–Kier alpha value is -3.24. The molecule has 2 aromatic carbocycles.